The van der Waals surface area contributed by atoms with Gasteiger partial charge in [0.25, 0.3) is 0 Å². The molecule has 6 heteroatoms. The molecule has 2 N–H and O–H groups in total. The Labute approximate surface area is 136 Å². The minimum Gasteiger partial charge on any atom is -0.444 e. The van der Waals surface area contributed by atoms with E-state index in [0.29, 0.717) is 6.61 Å². The average molecular weight is 332 g/mol. The number of amides is 1. The number of carbonyl (C=O) groups is 1. The lowest BCUT2D eigenvalue weighted by Gasteiger charge is -2.37. The molecule has 0 unspecified atom stereocenters. The van der Waals surface area contributed by atoms with E-state index in [1.165, 1.54) is 0 Å². The number of ether oxygens (including phenoxy) is 1. The van der Waals surface area contributed by atoms with Gasteiger partial charge in [-0.3, -0.25) is 0 Å². The van der Waals surface area contributed by atoms with E-state index in [2.05, 4.69) is 39.2 Å². The van der Waals surface area contributed by atoms with Gasteiger partial charge < -0.3 is 19.6 Å². The van der Waals surface area contributed by atoms with Crippen LogP contribution in [0.3, 0.4) is 0 Å². The Morgan fingerprint density at radius 1 is 1.23 bits per heavy atom. The van der Waals surface area contributed by atoms with Gasteiger partial charge in [0.1, 0.15) is 5.60 Å². The quantitative estimate of drug-likeness (QED) is 0.578. The number of hydrogen-bond donors (Lipinski definition) is 2. The van der Waals surface area contributed by atoms with Crippen LogP contribution in [0.2, 0.25) is 18.1 Å². The molecule has 0 fully saturated rings. The Bertz CT molecular complexity index is 381. The van der Waals surface area contributed by atoms with E-state index in [0.717, 1.165) is 0 Å². The van der Waals surface area contributed by atoms with Crippen molar-refractivity contribution in [2.45, 2.75) is 71.3 Å². The molecule has 0 spiro atoms. The molecule has 0 aliphatic rings. The molecule has 0 saturated carbocycles. The topological polar surface area (TPSA) is 67.8 Å². The van der Waals surface area contributed by atoms with Gasteiger partial charge in [-0.05, 0) is 38.9 Å². The monoisotopic (exact) mass is 331 g/mol. The molecule has 1 amide bonds. The van der Waals surface area contributed by atoms with Crippen molar-refractivity contribution in [1.82, 2.24) is 5.32 Å². The Morgan fingerprint density at radius 2 is 1.77 bits per heavy atom. The van der Waals surface area contributed by atoms with Gasteiger partial charge in [0, 0.05) is 0 Å². The molecule has 0 aliphatic heterocycles. The molecular formula is C16H33NO4Si. The van der Waals surface area contributed by atoms with Gasteiger partial charge in [0.05, 0.1) is 19.3 Å². The van der Waals surface area contributed by atoms with Crippen LogP contribution in [0.1, 0.15) is 41.5 Å². The summed E-state index contributed by atoms with van der Waals surface area (Å²) in [5.74, 6) is 0. The number of nitrogens with one attached hydrogen (secondary N) is 1. The number of aliphatic hydroxyl groups is 1. The smallest absolute Gasteiger partial charge is 0.408 e. The molecular weight excluding hydrogens is 298 g/mol. The number of alkyl carbamates (subject to hydrolysis) is 1. The zero-order chi connectivity index (χ0) is 17.6. The summed E-state index contributed by atoms with van der Waals surface area (Å²) in [4.78, 5) is 11.9. The summed E-state index contributed by atoms with van der Waals surface area (Å²) in [6, 6.07) is -0.323. The Hall–Kier alpha value is -0.853. The predicted molar refractivity (Wildman–Crippen MR) is 92.5 cm³/mol. The third-order valence-electron chi connectivity index (χ3n) is 3.61. The predicted octanol–water partition coefficient (Wildman–Crippen LogP) is 3.45. The largest absolute Gasteiger partial charge is 0.444 e. The van der Waals surface area contributed by atoms with Crippen molar-refractivity contribution < 1.29 is 19.1 Å². The lowest BCUT2D eigenvalue weighted by molar-refractivity contribution is 0.0499. The van der Waals surface area contributed by atoms with Gasteiger partial charge in [-0.1, -0.05) is 32.9 Å². The van der Waals surface area contributed by atoms with Crippen LogP contribution in [0.5, 0.6) is 0 Å². The summed E-state index contributed by atoms with van der Waals surface area (Å²) >= 11 is 0. The standard InChI is InChI=1S/C16H33NO4Si/c1-15(2,3)21-14(19)17-13(10-9-11-18)12-20-22(7,8)16(4,5)6/h9-10,13,18H,11-12H2,1-8H3,(H,17,19)/b10-9+/t13-/m1/s1. The van der Waals surface area contributed by atoms with Gasteiger partial charge in [-0.2, -0.15) is 0 Å². The first kappa shape index (κ1) is 21.1. The number of aliphatic hydroxyl groups excluding tert-OH is 1. The van der Waals surface area contributed by atoms with Crippen molar-refractivity contribution in [3.05, 3.63) is 12.2 Å². The highest BCUT2D eigenvalue weighted by atomic mass is 28.4. The molecule has 0 aromatic carbocycles. The van der Waals surface area contributed by atoms with Crippen molar-refractivity contribution in [2.75, 3.05) is 13.2 Å². The summed E-state index contributed by atoms with van der Waals surface area (Å²) in [6.45, 7) is 16.6. The molecule has 0 rings (SSSR count). The number of carbonyl (C=O) groups excluding carboxylic acids is 1. The maximum absolute atomic E-state index is 11.9. The van der Waals surface area contributed by atoms with Crippen molar-refractivity contribution in [2.24, 2.45) is 0 Å². The fourth-order valence-electron chi connectivity index (χ4n) is 1.34. The first-order valence-corrected chi connectivity index (χ1v) is 10.6. The normalized spacial score (nSPS) is 15.0. The highest BCUT2D eigenvalue weighted by Crippen LogP contribution is 2.36. The van der Waals surface area contributed by atoms with Gasteiger partial charge in [-0.15, -0.1) is 0 Å². The highest BCUT2D eigenvalue weighted by molar-refractivity contribution is 6.74. The second-order valence-electron chi connectivity index (χ2n) is 7.93. The zero-order valence-corrected chi connectivity index (χ0v) is 16.3. The first-order chi connectivity index (χ1) is 9.78. The van der Waals surface area contributed by atoms with Gasteiger partial charge >= 0.3 is 6.09 Å². The van der Waals surface area contributed by atoms with E-state index in [1.54, 1.807) is 12.2 Å². The van der Waals surface area contributed by atoms with Crippen LogP contribution in [0.25, 0.3) is 0 Å². The fraction of sp³-hybridized carbons (Fsp3) is 0.812. The van der Waals surface area contributed by atoms with Gasteiger partial charge in [0.15, 0.2) is 8.32 Å². The summed E-state index contributed by atoms with van der Waals surface area (Å²) in [6.07, 6.45) is 2.84. The van der Waals surface area contributed by atoms with E-state index < -0.39 is 20.0 Å². The first-order valence-electron chi connectivity index (χ1n) is 7.69. The molecule has 22 heavy (non-hydrogen) atoms. The average Bonchev–Trinajstić information content (AvgIpc) is 2.28. The second kappa shape index (κ2) is 8.13. The van der Waals surface area contributed by atoms with Crippen LogP contribution in [0, 0.1) is 0 Å². The SMILES string of the molecule is CC(C)(C)OC(=O)N[C@H](/C=C/CO)CO[Si](C)(C)C(C)(C)C. The zero-order valence-electron chi connectivity index (χ0n) is 15.3. The van der Waals surface area contributed by atoms with Crippen molar-refractivity contribution >= 4 is 14.4 Å². The Kier molecular flexibility index (Phi) is 7.81. The molecule has 0 radical (unpaired) electrons. The maximum atomic E-state index is 11.9. The van der Waals surface area contributed by atoms with Crippen molar-refractivity contribution in [3.63, 3.8) is 0 Å². The van der Waals surface area contributed by atoms with Crippen molar-refractivity contribution in [3.8, 4) is 0 Å². The van der Waals surface area contributed by atoms with E-state index in [4.69, 9.17) is 14.3 Å². The third-order valence-corrected chi connectivity index (χ3v) is 8.11. The van der Waals surface area contributed by atoms with Crippen LogP contribution in [0.15, 0.2) is 12.2 Å². The molecule has 5 nitrogen and oxygen atoms in total. The molecule has 0 saturated heterocycles. The molecule has 1 atom stereocenters. The number of hydrogen-bond acceptors (Lipinski definition) is 4. The van der Waals surface area contributed by atoms with Crippen molar-refractivity contribution in [1.29, 1.82) is 0 Å². The summed E-state index contributed by atoms with van der Waals surface area (Å²) in [7, 11) is -1.89. The molecule has 130 valence electrons. The summed E-state index contributed by atoms with van der Waals surface area (Å²) in [5, 5.41) is 11.8. The van der Waals surface area contributed by atoms with Crippen LogP contribution in [0.4, 0.5) is 4.79 Å². The Balaban J connectivity index is 4.73. The Morgan fingerprint density at radius 3 is 2.18 bits per heavy atom. The molecule has 0 aromatic heterocycles. The van der Waals surface area contributed by atoms with E-state index in [-0.39, 0.29) is 17.7 Å². The maximum Gasteiger partial charge on any atom is 0.408 e. The van der Waals surface area contributed by atoms with Crippen LogP contribution >= 0.6 is 0 Å². The fourth-order valence-corrected chi connectivity index (χ4v) is 2.37. The van der Waals surface area contributed by atoms with Gasteiger partial charge in [-0.25, -0.2) is 4.79 Å². The lowest BCUT2D eigenvalue weighted by Crippen LogP contribution is -2.46. The molecule has 0 aliphatic carbocycles. The lowest BCUT2D eigenvalue weighted by atomic mass is 10.2. The van der Waals surface area contributed by atoms with Crippen LogP contribution in [-0.4, -0.2) is 44.4 Å². The van der Waals surface area contributed by atoms with Gasteiger partial charge in [0.2, 0.25) is 0 Å². The van der Waals surface area contributed by atoms with Crippen LogP contribution < -0.4 is 5.32 Å². The number of rotatable bonds is 6. The summed E-state index contributed by atoms with van der Waals surface area (Å²) < 4.78 is 11.4. The highest BCUT2D eigenvalue weighted by Gasteiger charge is 2.37. The van der Waals surface area contributed by atoms with E-state index >= 15 is 0 Å². The van der Waals surface area contributed by atoms with Crippen LogP contribution in [-0.2, 0) is 9.16 Å². The molecule has 0 aromatic rings. The molecule has 0 heterocycles. The third kappa shape index (κ3) is 8.56. The van der Waals surface area contributed by atoms with E-state index in [1.807, 2.05) is 20.8 Å². The molecule has 0 bridgehead atoms. The minimum absolute atomic E-state index is 0.0768. The summed E-state index contributed by atoms with van der Waals surface area (Å²) in [5.41, 5.74) is -0.546. The second-order valence-corrected chi connectivity index (χ2v) is 12.7. The minimum atomic E-state index is -1.89. The van der Waals surface area contributed by atoms with E-state index in [9.17, 15) is 4.79 Å².